The Bertz CT molecular complexity index is 1070. The number of benzene rings is 3. The summed E-state index contributed by atoms with van der Waals surface area (Å²) in [4.78, 5) is 34.0. The molecule has 144 valence electrons. The van der Waals surface area contributed by atoms with E-state index in [1.54, 1.807) is 17.2 Å². The van der Waals surface area contributed by atoms with Gasteiger partial charge in [0, 0.05) is 4.47 Å². The van der Waals surface area contributed by atoms with Gasteiger partial charge in [-0.05, 0) is 42.0 Å². The second-order valence-electron chi connectivity index (χ2n) is 7.06. The number of halogens is 1. The van der Waals surface area contributed by atoms with Crippen molar-refractivity contribution in [2.75, 3.05) is 9.96 Å². The minimum atomic E-state index is -0.855. The number of carbonyl (C=O) groups is 2. The van der Waals surface area contributed by atoms with Crippen LogP contribution in [0.1, 0.15) is 11.6 Å². The van der Waals surface area contributed by atoms with E-state index in [9.17, 15) is 9.59 Å². The summed E-state index contributed by atoms with van der Waals surface area (Å²) in [6, 6.07) is 25.9. The van der Waals surface area contributed by atoms with Crippen molar-refractivity contribution in [2.45, 2.75) is 12.1 Å². The van der Waals surface area contributed by atoms with Crippen LogP contribution in [-0.2, 0) is 14.4 Å². The second kappa shape index (κ2) is 7.13. The van der Waals surface area contributed by atoms with E-state index in [0.29, 0.717) is 5.69 Å². The van der Waals surface area contributed by atoms with Gasteiger partial charge in [0.1, 0.15) is 5.92 Å². The van der Waals surface area contributed by atoms with Crippen LogP contribution < -0.4 is 9.96 Å². The van der Waals surface area contributed by atoms with Crippen molar-refractivity contribution < 1.29 is 14.4 Å². The van der Waals surface area contributed by atoms with Crippen LogP contribution in [0.25, 0.3) is 0 Å². The molecule has 0 radical (unpaired) electrons. The molecule has 0 aliphatic carbocycles. The van der Waals surface area contributed by atoms with Gasteiger partial charge in [-0.1, -0.05) is 64.5 Å². The molecule has 3 atom stereocenters. The number of hydrogen-bond donors (Lipinski definition) is 0. The van der Waals surface area contributed by atoms with Gasteiger partial charge in [-0.3, -0.25) is 14.4 Å². The zero-order chi connectivity index (χ0) is 20.0. The third-order valence-electron chi connectivity index (χ3n) is 5.33. The molecule has 3 aromatic rings. The Labute approximate surface area is 176 Å². The number of imide groups is 1. The molecular weight excluding hydrogens is 432 g/mol. The molecule has 0 unspecified atom stereocenters. The minimum absolute atomic E-state index is 0.241. The molecule has 0 spiro atoms. The number of fused-ring (bicyclic) bond motifs is 1. The van der Waals surface area contributed by atoms with E-state index in [1.165, 1.54) is 4.90 Å². The molecule has 0 saturated carbocycles. The third-order valence-corrected chi connectivity index (χ3v) is 5.82. The molecule has 2 fully saturated rings. The fourth-order valence-corrected chi connectivity index (χ4v) is 4.49. The zero-order valence-electron chi connectivity index (χ0n) is 15.3. The molecule has 3 aromatic carbocycles. The van der Waals surface area contributed by atoms with E-state index in [0.717, 1.165) is 15.7 Å². The summed E-state index contributed by atoms with van der Waals surface area (Å²) in [7, 11) is 0. The highest BCUT2D eigenvalue weighted by Crippen LogP contribution is 2.47. The van der Waals surface area contributed by atoms with Crippen LogP contribution in [0.15, 0.2) is 89.4 Å². The first-order valence-corrected chi connectivity index (χ1v) is 10.1. The standard InChI is InChI=1S/C23H17BrN2O3/c24-16-9-7-8-15(14-16)20-19-21(29-26(20)18-12-5-2-6-13-18)23(28)25(22(19)27)17-10-3-1-4-11-17/h1-14,19-21H/t19-,20+,21-/m1/s1. The van der Waals surface area contributed by atoms with Gasteiger partial charge in [-0.2, -0.15) is 0 Å². The van der Waals surface area contributed by atoms with Gasteiger partial charge in [0.2, 0.25) is 5.91 Å². The summed E-state index contributed by atoms with van der Waals surface area (Å²) in [6.45, 7) is 0. The molecule has 0 bridgehead atoms. The molecule has 2 amide bonds. The smallest absolute Gasteiger partial charge is 0.266 e. The Kier molecular flexibility index (Phi) is 4.45. The quantitative estimate of drug-likeness (QED) is 0.553. The number of nitrogens with zero attached hydrogens (tertiary/aromatic N) is 2. The van der Waals surface area contributed by atoms with Crippen molar-refractivity contribution in [3.8, 4) is 0 Å². The second-order valence-corrected chi connectivity index (χ2v) is 7.98. The molecule has 2 saturated heterocycles. The number of hydrogen-bond acceptors (Lipinski definition) is 4. The Morgan fingerprint density at radius 3 is 2.07 bits per heavy atom. The lowest BCUT2D eigenvalue weighted by molar-refractivity contribution is -0.126. The Morgan fingerprint density at radius 1 is 0.759 bits per heavy atom. The van der Waals surface area contributed by atoms with Crippen molar-refractivity contribution in [3.05, 3.63) is 95.0 Å². The lowest BCUT2D eigenvalue weighted by Gasteiger charge is -2.28. The predicted octanol–water partition coefficient (Wildman–Crippen LogP) is 4.50. The first-order chi connectivity index (χ1) is 14.1. The first kappa shape index (κ1) is 18.1. The van der Waals surface area contributed by atoms with Crippen LogP contribution in [0, 0.1) is 5.92 Å². The number of carbonyl (C=O) groups excluding carboxylic acids is 2. The summed E-state index contributed by atoms with van der Waals surface area (Å²) >= 11 is 3.51. The molecule has 0 aromatic heterocycles. The Hall–Kier alpha value is -2.96. The van der Waals surface area contributed by atoms with Crippen LogP contribution in [0.3, 0.4) is 0 Å². The van der Waals surface area contributed by atoms with Crippen LogP contribution in [-0.4, -0.2) is 17.9 Å². The van der Waals surface area contributed by atoms with Gasteiger partial charge in [-0.15, -0.1) is 0 Å². The van der Waals surface area contributed by atoms with Gasteiger partial charge in [0.25, 0.3) is 5.91 Å². The van der Waals surface area contributed by atoms with Crippen LogP contribution in [0.5, 0.6) is 0 Å². The maximum atomic E-state index is 13.4. The fraction of sp³-hybridized carbons (Fsp3) is 0.130. The van der Waals surface area contributed by atoms with Gasteiger partial charge in [-0.25, -0.2) is 9.96 Å². The average molecular weight is 449 g/mol. The normalized spacial score (nSPS) is 23.6. The maximum absolute atomic E-state index is 13.4. The molecule has 0 N–H and O–H groups in total. The van der Waals surface area contributed by atoms with Crippen molar-refractivity contribution in [2.24, 2.45) is 5.92 Å². The van der Waals surface area contributed by atoms with Gasteiger partial charge in [0.15, 0.2) is 6.10 Å². The molecule has 5 rings (SSSR count). The van der Waals surface area contributed by atoms with E-state index in [1.807, 2.05) is 72.8 Å². The molecule has 2 aliphatic rings. The van der Waals surface area contributed by atoms with Gasteiger partial charge < -0.3 is 0 Å². The zero-order valence-corrected chi connectivity index (χ0v) is 16.9. The first-order valence-electron chi connectivity index (χ1n) is 9.34. The Morgan fingerprint density at radius 2 is 1.41 bits per heavy atom. The molecule has 5 nitrogen and oxygen atoms in total. The monoisotopic (exact) mass is 448 g/mol. The molecular formula is C23H17BrN2O3. The van der Waals surface area contributed by atoms with Crippen LogP contribution in [0.2, 0.25) is 0 Å². The number of para-hydroxylation sites is 2. The van der Waals surface area contributed by atoms with E-state index in [2.05, 4.69) is 15.9 Å². The average Bonchev–Trinajstić information content (AvgIpc) is 3.26. The highest BCUT2D eigenvalue weighted by molar-refractivity contribution is 9.10. The van der Waals surface area contributed by atoms with Gasteiger partial charge >= 0.3 is 0 Å². The predicted molar refractivity (Wildman–Crippen MR) is 113 cm³/mol. The van der Waals surface area contributed by atoms with Gasteiger partial charge in [0.05, 0.1) is 17.4 Å². The summed E-state index contributed by atoms with van der Waals surface area (Å²) in [5.41, 5.74) is 2.28. The lowest BCUT2D eigenvalue weighted by atomic mass is 9.90. The highest BCUT2D eigenvalue weighted by atomic mass is 79.9. The van der Waals surface area contributed by atoms with E-state index in [4.69, 9.17) is 4.84 Å². The SMILES string of the molecule is O=C1[C@H]2[C@@H](ON(c3ccccc3)[C@H]2c2cccc(Br)c2)C(=O)N1c1ccccc1. The number of hydroxylamine groups is 1. The summed E-state index contributed by atoms with van der Waals surface area (Å²) in [5.74, 6) is -1.20. The summed E-state index contributed by atoms with van der Waals surface area (Å²) < 4.78 is 0.906. The minimum Gasteiger partial charge on any atom is -0.273 e. The van der Waals surface area contributed by atoms with E-state index >= 15 is 0 Å². The van der Waals surface area contributed by atoms with Crippen LogP contribution in [0.4, 0.5) is 11.4 Å². The number of anilines is 2. The molecule has 2 aliphatic heterocycles. The van der Waals surface area contributed by atoms with Crippen molar-refractivity contribution in [3.63, 3.8) is 0 Å². The van der Waals surface area contributed by atoms with E-state index in [-0.39, 0.29) is 11.8 Å². The maximum Gasteiger partial charge on any atom is 0.266 e. The third kappa shape index (κ3) is 2.96. The molecule has 2 heterocycles. The van der Waals surface area contributed by atoms with Crippen molar-refractivity contribution in [1.82, 2.24) is 0 Å². The van der Waals surface area contributed by atoms with Crippen molar-refractivity contribution in [1.29, 1.82) is 0 Å². The van der Waals surface area contributed by atoms with E-state index < -0.39 is 18.1 Å². The highest BCUT2D eigenvalue weighted by Gasteiger charge is 2.60. The largest absolute Gasteiger partial charge is 0.273 e. The van der Waals surface area contributed by atoms with Crippen molar-refractivity contribution >= 4 is 39.1 Å². The topological polar surface area (TPSA) is 49.9 Å². The summed E-state index contributed by atoms with van der Waals surface area (Å²) in [5, 5.41) is 1.70. The summed E-state index contributed by atoms with van der Waals surface area (Å²) in [6.07, 6.45) is -0.855. The van der Waals surface area contributed by atoms with Crippen LogP contribution >= 0.6 is 15.9 Å². The molecule has 29 heavy (non-hydrogen) atoms. The number of rotatable bonds is 3. The Balaban J connectivity index is 1.60. The fourth-order valence-electron chi connectivity index (χ4n) is 4.07. The lowest BCUT2D eigenvalue weighted by Crippen LogP contribution is -2.37. The number of amides is 2. The molecule has 6 heteroatoms.